The molecular formula is C14H26O. The van der Waals surface area contributed by atoms with Gasteiger partial charge in [0.15, 0.2) is 0 Å². The molecule has 0 spiro atoms. The van der Waals surface area contributed by atoms with E-state index in [1.807, 2.05) is 12.2 Å². The number of hydrogen-bond acceptors (Lipinski definition) is 1. The van der Waals surface area contributed by atoms with Gasteiger partial charge in [-0.3, -0.25) is 0 Å². The van der Waals surface area contributed by atoms with Crippen molar-refractivity contribution in [1.29, 1.82) is 0 Å². The number of aliphatic hydroxyl groups is 1. The zero-order valence-electron chi connectivity index (χ0n) is 9.96. The SMILES string of the molecule is C=CCCCCCCCCCCC=CO. The van der Waals surface area contributed by atoms with Gasteiger partial charge in [0.25, 0.3) is 0 Å². The van der Waals surface area contributed by atoms with Crippen LogP contribution in [0.3, 0.4) is 0 Å². The molecular weight excluding hydrogens is 184 g/mol. The Labute approximate surface area is 94.9 Å². The van der Waals surface area contributed by atoms with Crippen molar-refractivity contribution < 1.29 is 5.11 Å². The molecule has 0 saturated heterocycles. The molecule has 0 aromatic heterocycles. The second kappa shape index (κ2) is 13.3. The van der Waals surface area contributed by atoms with Gasteiger partial charge < -0.3 is 5.11 Å². The van der Waals surface area contributed by atoms with E-state index in [0.717, 1.165) is 12.7 Å². The van der Waals surface area contributed by atoms with Gasteiger partial charge in [-0.25, -0.2) is 0 Å². The molecule has 0 aromatic carbocycles. The fourth-order valence-corrected chi connectivity index (χ4v) is 1.69. The lowest BCUT2D eigenvalue weighted by Crippen LogP contribution is -1.80. The number of aliphatic hydroxyl groups excluding tert-OH is 1. The van der Waals surface area contributed by atoms with Gasteiger partial charge in [0.1, 0.15) is 0 Å². The Morgan fingerprint density at radius 3 is 1.67 bits per heavy atom. The van der Waals surface area contributed by atoms with Crippen LogP contribution in [-0.4, -0.2) is 5.11 Å². The van der Waals surface area contributed by atoms with Gasteiger partial charge in [-0.05, 0) is 25.7 Å². The standard InChI is InChI=1S/C14H26O/c1-2-3-4-5-6-7-8-9-10-11-12-13-14-15/h2,13-15H,1,3-12H2. The van der Waals surface area contributed by atoms with Crippen LogP contribution in [0.1, 0.15) is 64.2 Å². The molecule has 0 rings (SSSR count). The van der Waals surface area contributed by atoms with Crippen LogP contribution in [0.4, 0.5) is 0 Å². The van der Waals surface area contributed by atoms with Gasteiger partial charge in [0.05, 0.1) is 6.26 Å². The molecule has 0 aliphatic carbocycles. The summed E-state index contributed by atoms with van der Waals surface area (Å²) in [5, 5.41) is 8.42. The van der Waals surface area contributed by atoms with E-state index in [2.05, 4.69) is 6.58 Å². The first-order valence-electron chi connectivity index (χ1n) is 6.32. The number of rotatable bonds is 11. The largest absolute Gasteiger partial charge is 0.516 e. The highest BCUT2D eigenvalue weighted by Gasteiger charge is 1.91. The van der Waals surface area contributed by atoms with Crippen LogP contribution in [0.5, 0.6) is 0 Å². The maximum atomic E-state index is 8.42. The summed E-state index contributed by atoms with van der Waals surface area (Å²) in [6.07, 6.45) is 17.9. The summed E-state index contributed by atoms with van der Waals surface area (Å²) in [5.41, 5.74) is 0. The molecule has 88 valence electrons. The van der Waals surface area contributed by atoms with Crippen molar-refractivity contribution in [3.63, 3.8) is 0 Å². The van der Waals surface area contributed by atoms with E-state index in [0.29, 0.717) is 0 Å². The van der Waals surface area contributed by atoms with E-state index in [-0.39, 0.29) is 0 Å². The maximum absolute atomic E-state index is 8.42. The Morgan fingerprint density at radius 1 is 0.733 bits per heavy atom. The molecule has 0 saturated carbocycles. The normalized spacial score (nSPS) is 10.9. The molecule has 0 radical (unpaired) electrons. The van der Waals surface area contributed by atoms with E-state index in [4.69, 9.17) is 5.11 Å². The predicted octanol–water partition coefficient (Wildman–Crippen LogP) is 5.15. The first kappa shape index (κ1) is 14.3. The summed E-state index contributed by atoms with van der Waals surface area (Å²) in [4.78, 5) is 0. The highest BCUT2D eigenvalue weighted by molar-refractivity contribution is 4.70. The smallest absolute Gasteiger partial charge is 0.0751 e. The van der Waals surface area contributed by atoms with Gasteiger partial charge in [-0.1, -0.05) is 50.7 Å². The van der Waals surface area contributed by atoms with Crippen molar-refractivity contribution in [2.24, 2.45) is 0 Å². The monoisotopic (exact) mass is 210 g/mol. The second-order valence-electron chi connectivity index (χ2n) is 4.08. The average molecular weight is 210 g/mol. The molecule has 0 aromatic rings. The van der Waals surface area contributed by atoms with Crippen LogP contribution in [0, 0.1) is 0 Å². The van der Waals surface area contributed by atoms with Gasteiger partial charge >= 0.3 is 0 Å². The third-order valence-electron chi connectivity index (χ3n) is 2.63. The summed E-state index contributed by atoms with van der Waals surface area (Å²) in [6, 6.07) is 0. The minimum atomic E-state index is 1.02. The summed E-state index contributed by atoms with van der Waals surface area (Å²) in [7, 11) is 0. The van der Waals surface area contributed by atoms with Crippen LogP contribution in [0.25, 0.3) is 0 Å². The first-order valence-corrected chi connectivity index (χ1v) is 6.32. The van der Waals surface area contributed by atoms with Crippen molar-refractivity contribution >= 4 is 0 Å². The summed E-state index contributed by atoms with van der Waals surface area (Å²) in [5.74, 6) is 0. The Bertz CT molecular complexity index is 149. The Hall–Kier alpha value is -0.720. The topological polar surface area (TPSA) is 20.2 Å². The van der Waals surface area contributed by atoms with E-state index < -0.39 is 0 Å². The molecule has 1 N–H and O–H groups in total. The second-order valence-corrected chi connectivity index (χ2v) is 4.08. The average Bonchev–Trinajstić information content (AvgIpc) is 2.26. The quantitative estimate of drug-likeness (QED) is 0.284. The lowest BCUT2D eigenvalue weighted by atomic mass is 10.1. The molecule has 0 bridgehead atoms. The zero-order chi connectivity index (χ0) is 11.2. The van der Waals surface area contributed by atoms with Crippen molar-refractivity contribution in [2.45, 2.75) is 64.2 Å². The van der Waals surface area contributed by atoms with Gasteiger partial charge in [0.2, 0.25) is 0 Å². The fourth-order valence-electron chi connectivity index (χ4n) is 1.69. The zero-order valence-corrected chi connectivity index (χ0v) is 9.96. The highest BCUT2D eigenvalue weighted by Crippen LogP contribution is 2.10. The third kappa shape index (κ3) is 13.3. The van der Waals surface area contributed by atoms with Gasteiger partial charge in [-0.15, -0.1) is 6.58 Å². The number of hydrogen-bond donors (Lipinski definition) is 1. The molecule has 0 amide bonds. The molecule has 0 heterocycles. The van der Waals surface area contributed by atoms with Crippen LogP contribution in [0.15, 0.2) is 25.0 Å². The lowest BCUT2D eigenvalue weighted by molar-refractivity contribution is 0.469. The fraction of sp³-hybridized carbons (Fsp3) is 0.714. The van der Waals surface area contributed by atoms with Crippen molar-refractivity contribution in [1.82, 2.24) is 0 Å². The molecule has 0 unspecified atom stereocenters. The summed E-state index contributed by atoms with van der Waals surface area (Å²) < 4.78 is 0. The lowest BCUT2D eigenvalue weighted by Gasteiger charge is -2.00. The van der Waals surface area contributed by atoms with E-state index in [9.17, 15) is 0 Å². The molecule has 1 nitrogen and oxygen atoms in total. The van der Waals surface area contributed by atoms with Gasteiger partial charge in [-0.2, -0.15) is 0 Å². The number of unbranched alkanes of at least 4 members (excludes halogenated alkanes) is 9. The van der Waals surface area contributed by atoms with Crippen LogP contribution < -0.4 is 0 Å². The van der Waals surface area contributed by atoms with Crippen molar-refractivity contribution in [3.8, 4) is 0 Å². The number of allylic oxidation sites excluding steroid dienone is 2. The van der Waals surface area contributed by atoms with Crippen LogP contribution in [-0.2, 0) is 0 Å². The first-order chi connectivity index (χ1) is 7.41. The Morgan fingerprint density at radius 2 is 1.20 bits per heavy atom. The predicted molar refractivity (Wildman–Crippen MR) is 68.1 cm³/mol. The maximum Gasteiger partial charge on any atom is 0.0751 e. The molecule has 0 atom stereocenters. The molecule has 0 aliphatic heterocycles. The van der Waals surface area contributed by atoms with Crippen molar-refractivity contribution in [2.75, 3.05) is 0 Å². The van der Waals surface area contributed by atoms with E-state index >= 15 is 0 Å². The molecule has 15 heavy (non-hydrogen) atoms. The van der Waals surface area contributed by atoms with Gasteiger partial charge in [0, 0.05) is 0 Å². The Kier molecular flexibility index (Phi) is 12.6. The molecule has 0 aliphatic rings. The molecule has 1 heteroatoms. The minimum Gasteiger partial charge on any atom is -0.516 e. The van der Waals surface area contributed by atoms with E-state index in [1.54, 1.807) is 0 Å². The third-order valence-corrected chi connectivity index (χ3v) is 2.63. The highest BCUT2D eigenvalue weighted by atomic mass is 16.2. The Balaban J connectivity index is 2.89. The van der Waals surface area contributed by atoms with E-state index in [1.165, 1.54) is 57.8 Å². The molecule has 0 fully saturated rings. The van der Waals surface area contributed by atoms with Crippen LogP contribution >= 0.6 is 0 Å². The summed E-state index contributed by atoms with van der Waals surface area (Å²) in [6.45, 7) is 3.72. The van der Waals surface area contributed by atoms with Crippen molar-refractivity contribution in [3.05, 3.63) is 25.0 Å². The summed E-state index contributed by atoms with van der Waals surface area (Å²) >= 11 is 0. The van der Waals surface area contributed by atoms with Crippen LogP contribution in [0.2, 0.25) is 0 Å². The minimum absolute atomic E-state index is 1.02.